The van der Waals surface area contributed by atoms with E-state index in [0.717, 1.165) is 0 Å². The lowest BCUT2D eigenvalue weighted by Gasteiger charge is -2.35. The van der Waals surface area contributed by atoms with E-state index in [9.17, 15) is 31.0 Å². The number of nitrogens with one attached hydrogen (secondary N) is 1. The topological polar surface area (TPSA) is 167 Å². The molecule has 0 radical (unpaired) electrons. The van der Waals surface area contributed by atoms with Crippen molar-refractivity contribution in [1.29, 1.82) is 0 Å². The predicted octanol–water partition coefficient (Wildman–Crippen LogP) is -1.32. The van der Waals surface area contributed by atoms with E-state index in [-0.39, 0.29) is 10.6 Å². The molecule has 1 aromatic carbocycles. The normalized spacial score (nSPS) is 19.5. The number of nitrogens with zero attached hydrogens (tertiary/aromatic N) is 1. The van der Waals surface area contributed by atoms with Crippen LogP contribution >= 0.6 is 0 Å². The Kier molecular flexibility index (Phi) is 4.91. The second-order valence-corrected chi connectivity index (χ2v) is 7.27. The van der Waals surface area contributed by atoms with Crippen molar-refractivity contribution in [3.63, 3.8) is 0 Å². The maximum Gasteiger partial charge on any atom is 0.418 e. The SMILES string of the molecule is O=C(N[C@H]1CN(OS(=O)(=O)O)C1=O)C(c1ccccc1)S(=O)(=O)O. The molecule has 0 aromatic heterocycles. The van der Waals surface area contributed by atoms with E-state index in [4.69, 9.17) is 4.55 Å². The van der Waals surface area contributed by atoms with Crippen LogP contribution in [0.25, 0.3) is 0 Å². The van der Waals surface area contributed by atoms with Gasteiger partial charge in [0.25, 0.3) is 16.0 Å². The second kappa shape index (κ2) is 6.45. The highest BCUT2D eigenvalue weighted by atomic mass is 32.3. The maximum absolute atomic E-state index is 12.1. The summed E-state index contributed by atoms with van der Waals surface area (Å²) in [6.07, 6.45) is 0. The van der Waals surface area contributed by atoms with Crippen LogP contribution < -0.4 is 5.32 Å². The molecule has 1 aliphatic rings. The molecule has 2 atom stereocenters. The minimum Gasteiger partial charge on any atom is -0.341 e. The molecular weight excluding hydrogens is 368 g/mol. The highest BCUT2D eigenvalue weighted by Gasteiger charge is 2.44. The Balaban J connectivity index is 2.10. The summed E-state index contributed by atoms with van der Waals surface area (Å²) < 4.78 is 65.5. The van der Waals surface area contributed by atoms with E-state index in [0.29, 0.717) is 0 Å². The van der Waals surface area contributed by atoms with Crippen molar-refractivity contribution in [3.8, 4) is 0 Å². The molecule has 0 aliphatic carbocycles. The van der Waals surface area contributed by atoms with E-state index < -0.39 is 50.2 Å². The molecule has 0 spiro atoms. The van der Waals surface area contributed by atoms with E-state index in [2.05, 4.69) is 9.60 Å². The van der Waals surface area contributed by atoms with Crippen molar-refractivity contribution >= 4 is 32.3 Å². The Hall–Kier alpha value is -2.06. The summed E-state index contributed by atoms with van der Waals surface area (Å²) in [7, 11) is -9.71. The summed E-state index contributed by atoms with van der Waals surface area (Å²) in [5.41, 5.74) is -0.0182. The van der Waals surface area contributed by atoms with Gasteiger partial charge in [-0.1, -0.05) is 30.3 Å². The van der Waals surface area contributed by atoms with E-state index >= 15 is 0 Å². The van der Waals surface area contributed by atoms with Gasteiger partial charge in [0, 0.05) is 0 Å². The molecular formula is C11H12N2O9S2. The molecule has 132 valence electrons. The number of hydrogen-bond acceptors (Lipinski definition) is 7. The molecule has 2 rings (SSSR count). The fraction of sp³-hybridized carbons (Fsp3) is 0.273. The van der Waals surface area contributed by atoms with Crippen molar-refractivity contribution in [3.05, 3.63) is 35.9 Å². The summed E-state index contributed by atoms with van der Waals surface area (Å²) in [5.74, 6) is -2.18. The lowest BCUT2D eigenvalue weighted by atomic mass is 10.1. The number of carbonyl (C=O) groups excluding carboxylic acids is 2. The highest BCUT2D eigenvalue weighted by Crippen LogP contribution is 2.23. The third-order valence-electron chi connectivity index (χ3n) is 3.03. The number of carbonyl (C=O) groups is 2. The van der Waals surface area contributed by atoms with Crippen LogP contribution in [0.2, 0.25) is 0 Å². The molecule has 1 saturated heterocycles. The molecule has 1 unspecified atom stereocenters. The number of hydroxylamine groups is 2. The van der Waals surface area contributed by atoms with E-state index in [1.165, 1.54) is 24.3 Å². The van der Waals surface area contributed by atoms with Gasteiger partial charge in [-0.25, -0.2) is 0 Å². The quantitative estimate of drug-likeness (QED) is 0.400. The van der Waals surface area contributed by atoms with Gasteiger partial charge in [0.1, 0.15) is 6.04 Å². The average molecular weight is 380 g/mol. The van der Waals surface area contributed by atoms with Gasteiger partial charge in [0.05, 0.1) is 6.54 Å². The van der Waals surface area contributed by atoms with Gasteiger partial charge < -0.3 is 5.32 Å². The first-order valence-corrected chi connectivity index (χ1v) is 9.16. The smallest absolute Gasteiger partial charge is 0.341 e. The molecule has 13 heteroatoms. The van der Waals surface area contributed by atoms with Crippen LogP contribution in [0.3, 0.4) is 0 Å². The van der Waals surface area contributed by atoms with Gasteiger partial charge in [0.2, 0.25) is 5.91 Å². The van der Waals surface area contributed by atoms with Gasteiger partial charge in [-0.2, -0.15) is 21.9 Å². The summed E-state index contributed by atoms with van der Waals surface area (Å²) in [4.78, 5) is 23.7. The molecule has 1 heterocycles. The van der Waals surface area contributed by atoms with Crippen molar-refractivity contribution in [2.45, 2.75) is 11.3 Å². The summed E-state index contributed by atoms with van der Waals surface area (Å²) in [5, 5.41) is 0.375. The summed E-state index contributed by atoms with van der Waals surface area (Å²) in [6, 6.07) is 5.83. The minimum absolute atomic E-state index is 0.0182. The third-order valence-corrected chi connectivity index (χ3v) is 4.48. The number of amides is 2. The number of hydrogen-bond donors (Lipinski definition) is 3. The zero-order chi connectivity index (χ0) is 18.1. The van der Waals surface area contributed by atoms with Crippen LogP contribution in [-0.4, -0.2) is 55.4 Å². The summed E-state index contributed by atoms with van der Waals surface area (Å²) >= 11 is 0. The maximum atomic E-state index is 12.1. The lowest BCUT2D eigenvalue weighted by molar-refractivity contribution is -0.182. The first-order valence-electron chi connectivity index (χ1n) is 6.29. The van der Waals surface area contributed by atoms with Crippen LogP contribution in [0.5, 0.6) is 0 Å². The number of rotatable bonds is 6. The Morgan fingerprint density at radius 3 is 2.25 bits per heavy atom. The fourth-order valence-corrected chi connectivity index (χ4v) is 3.22. The Morgan fingerprint density at radius 1 is 1.21 bits per heavy atom. The molecule has 0 saturated carbocycles. The first kappa shape index (κ1) is 18.3. The summed E-state index contributed by atoms with van der Waals surface area (Å²) in [6.45, 7) is -0.433. The molecule has 2 amide bonds. The monoisotopic (exact) mass is 380 g/mol. The standard InChI is InChI=1S/C11H12N2O9S2/c14-10(9(23(16,17)18)7-4-2-1-3-5-7)12-8-6-13(11(8)15)22-24(19,20)21/h1-5,8-9H,6H2,(H,12,14)(H,16,17,18)(H,19,20,21)/t8-,9?/m0/s1. The Labute approximate surface area is 136 Å². The van der Waals surface area contributed by atoms with Gasteiger partial charge in [-0.05, 0) is 5.56 Å². The molecule has 3 N–H and O–H groups in total. The minimum atomic E-state index is -4.90. The molecule has 1 fully saturated rings. The van der Waals surface area contributed by atoms with Crippen LogP contribution in [0.4, 0.5) is 0 Å². The second-order valence-electron chi connectivity index (χ2n) is 4.77. The Morgan fingerprint density at radius 2 is 1.79 bits per heavy atom. The zero-order valence-corrected chi connectivity index (χ0v) is 13.4. The number of benzene rings is 1. The molecule has 24 heavy (non-hydrogen) atoms. The third kappa shape index (κ3) is 4.27. The van der Waals surface area contributed by atoms with Crippen LogP contribution in [0.15, 0.2) is 30.3 Å². The molecule has 0 bridgehead atoms. The highest BCUT2D eigenvalue weighted by molar-refractivity contribution is 7.86. The first-order chi connectivity index (χ1) is 11.0. The van der Waals surface area contributed by atoms with Crippen LogP contribution in [-0.2, 0) is 34.4 Å². The molecule has 1 aromatic rings. The van der Waals surface area contributed by atoms with Crippen molar-refractivity contribution in [2.75, 3.05) is 6.54 Å². The zero-order valence-electron chi connectivity index (χ0n) is 11.8. The van der Waals surface area contributed by atoms with Crippen LogP contribution in [0, 0.1) is 0 Å². The van der Waals surface area contributed by atoms with Crippen LogP contribution in [0.1, 0.15) is 10.8 Å². The largest absolute Gasteiger partial charge is 0.418 e. The van der Waals surface area contributed by atoms with E-state index in [1.807, 2.05) is 0 Å². The lowest BCUT2D eigenvalue weighted by Crippen LogP contribution is -2.64. The predicted molar refractivity (Wildman–Crippen MR) is 77.0 cm³/mol. The van der Waals surface area contributed by atoms with Crippen molar-refractivity contribution in [1.82, 2.24) is 10.4 Å². The molecule has 11 nitrogen and oxygen atoms in total. The molecule has 1 aliphatic heterocycles. The number of β-lactam (4-membered cyclic amide) rings is 1. The van der Waals surface area contributed by atoms with Gasteiger partial charge in [0.15, 0.2) is 5.25 Å². The van der Waals surface area contributed by atoms with Gasteiger partial charge >= 0.3 is 10.4 Å². The van der Waals surface area contributed by atoms with Gasteiger partial charge in [-0.15, -0.1) is 4.28 Å². The van der Waals surface area contributed by atoms with Crippen molar-refractivity contribution < 1.29 is 39.8 Å². The fourth-order valence-electron chi connectivity index (χ4n) is 2.02. The van der Waals surface area contributed by atoms with Gasteiger partial charge in [-0.3, -0.25) is 18.7 Å². The average Bonchev–Trinajstić information content (AvgIpc) is 2.44. The van der Waals surface area contributed by atoms with E-state index in [1.54, 1.807) is 6.07 Å². The van der Waals surface area contributed by atoms with Crippen molar-refractivity contribution in [2.24, 2.45) is 0 Å². The Bertz CT molecular complexity index is 851.